The summed E-state index contributed by atoms with van der Waals surface area (Å²) in [7, 11) is 0. The lowest BCUT2D eigenvalue weighted by molar-refractivity contribution is 0.0693. The Bertz CT molecular complexity index is 779. The molecule has 0 amide bonds. The van der Waals surface area contributed by atoms with Crippen molar-refractivity contribution in [2.24, 2.45) is 0 Å². The van der Waals surface area contributed by atoms with Gasteiger partial charge >= 0.3 is 5.97 Å². The van der Waals surface area contributed by atoms with Crippen molar-refractivity contribution in [2.75, 3.05) is 0 Å². The number of carboxylic acids is 1. The number of aromatic nitrogens is 2. The largest absolute Gasteiger partial charge is 0.505 e. The highest BCUT2D eigenvalue weighted by Gasteiger charge is 2.12. The van der Waals surface area contributed by atoms with Gasteiger partial charge in [-0.25, -0.2) is 9.78 Å². The third-order valence-electron chi connectivity index (χ3n) is 2.74. The molecule has 0 bridgehead atoms. The van der Waals surface area contributed by atoms with Gasteiger partial charge in [-0.1, -0.05) is 6.07 Å². The summed E-state index contributed by atoms with van der Waals surface area (Å²) in [6.07, 6.45) is 2.45. The maximum absolute atomic E-state index is 11.0. The molecular formula is C13H8N2O4. The SMILES string of the molecule is O=C(O)c1cc(-c2ccc3ncoc3c2)ncc1O. The molecule has 0 radical (unpaired) electrons. The average molecular weight is 256 g/mol. The van der Waals surface area contributed by atoms with Crippen LogP contribution in [-0.2, 0) is 0 Å². The summed E-state index contributed by atoms with van der Waals surface area (Å²) in [5.41, 5.74) is 2.23. The van der Waals surface area contributed by atoms with Crippen LogP contribution in [0.25, 0.3) is 22.4 Å². The number of fused-ring (bicyclic) bond motifs is 1. The van der Waals surface area contributed by atoms with Crippen molar-refractivity contribution in [3.8, 4) is 17.0 Å². The minimum absolute atomic E-state index is 0.192. The fraction of sp³-hybridized carbons (Fsp3) is 0. The van der Waals surface area contributed by atoms with Gasteiger partial charge in [0, 0.05) is 5.56 Å². The summed E-state index contributed by atoms with van der Waals surface area (Å²) in [6.45, 7) is 0. The molecule has 6 nitrogen and oxygen atoms in total. The lowest BCUT2D eigenvalue weighted by Gasteiger charge is -2.03. The number of aromatic hydroxyl groups is 1. The molecule has 0 aliphatic carbocycles. The van der Waals surface area contributed by atoms with Gasteiger partial charge in [-0.2, -0.15) is 0 Å². The number of carbonyl (C=O) groups is 1. The lowest BCUT2D eigenvalue weighted by Crippen LogP contribution is -1.98. The van der Waals surface area contributed by atoms with Crippen molar-refractivity contribution < 1.29 is 19.4 Å². The first-order valence-electron chi connectivity index (χ1n) is 5.41. The van der Waals surface area contributed by atoms with E-state index in [1.165, 1.54) is 12.5 Å². The highest BCUT2D eigenvalue weighted by atomic mass is 16.4. The summed E-state index contributed by atoms with van der Waals surface area (Å²) in [4.78, 5) is 19.0. The molecular weight excluding hydrogens is 248 g/mol. The Labute approximate surface area is 107 Å². The van der Waals surface area contributed by atoms with Gasteiger partial charge in [0.15, 0.2) is 12.0 Å². The molecule has 0 fully saturated rings. The Morgan fingerprint density at radius 1 is 1.21 bits per heavy atom. The Kier molecular flexibility index (Phi) is 2.42. The Morgan fingerprint density at radius 2 is 2.05 bits per heavy atom. The van der Waals surface area contributed by atoms with Gasteiger partial charge in [-0.15, -0.1) is 0 Å². The maximum atomic E-state index is 11.0. The van der Waals surface area contributed by atoms with E-state index in [0.29, 0.717) is 22.4 Å². The van der Waals surface area contributed by atoms with E-state index < -0.39 is 5.97 Å². The molecule has 3 rings (SSSR count). The highest BCUT2D eigenvalue weighted by Crippen LogP contribution is 2.26. The molecule has 0 aliphatic heterocycles. The number of hydrogen-bond donors (Lipinski definition) is 2. The van der Waals surface area contributed by atoms with Crippen LogP contribution < -0.4 is 0 Å². The van der Waals surface area contributed by atoms with E-state index in [4.69, 9.17) is 9.52 Å². The number of rotatable bonds is 2. The molecule has 1 aromatic carbocycles. The van der Waals surface area contributed by atoms with Crippen LogP contribution in [0.15, 0.2) is 41.3 Å². The van der Waals surface area contributed by atoms with Crippen molar-refractivity contribution >= 4 is 17.1 Å². The van der Waals surface area contributed by atoms with Gasteiger partial charge in [0.25, 0.3) is 0 Å². The average Bonchev–Trinajstić information content (AvgIpc) is 2.86. The van der Waals surface area contributed by atoms with Crippen molar-refractivity contribution in [3.63, 3.8) is 0 Å². The fourth-order valence-electron chi connectivity index (χ4n) is 1.79. The van der Waals surface area contributed by atoms with Gasteiger partial charge in [0.1, 0.15) is 16.8 Å². The summed E-state index contributed by atoms with van der Waals surface area (Å²) in [5, 5.41) is 18.4. The van der Waals surface area contributed by atoms with Gasteiger partial charge in [-0.3, -0.25) is 4.98 Å². The first-order valence-corrected chi connectivity index (χ1v) is 5.41. The second-order valence-corrected chi connectivity index (χ2v) is 3.93. The second kappa shape index (κ2) is 4.09. The van der Waals surface area contributed by atoms with Crippen LogP contribution in [0.4, 0.5) is 0 Å². The van der Waals surface area contributed by atoms with Gasteiger partial charge in [0.2, 0.25) is 0 Å². The van der Waals surface area contributed by atoms with Crippen molar-refractivity contribution in [1.82, 2.24) is 9.97 Å². The molecule has 0 unspecified atom stereocenters. The zero-order valence-corrected chi connectivity index (χ0v) is 9.57. The number of carboxylic acid groups (broad SMARTS) is 1. The topological polar surface area (TPSA) is 96.5 Å². The third-order valence-corrected chi connectivity index (χ3v) is 2.74. The first-order chi connectivity index (χ1) is 9.15. The molecule has 0 saturated heterocycles. The third kappa shape index (κ3) is 1.89. The predicted octanol–water partition coefficient (Wildman–Crippen LogP) is 2.29. The smallest absolute Gasteiger partial charge is 0.339 e. The number of pyridine rings is 1. The maximum Gasteiger partial charge on any atom is 0.339 e. The van der Waals surface area contributed by atoms with Crippen LogP contribution in [0.2, 0.25) is 0 Å². The first kappa shape index (κ1) is 11.2. The molecule has 0 spiro atoms. The summed E-state index contributed by atoms with van der Waals surface area (Å²) in [6, 6.07) is 6.54. The molecule has 19 heavy (non-hydrogen) atoms. The van der Waals surface area contributed by atoms with E-state index in [-0.39, 0.29) is 11.3 Å². The Morgan fingerprint density at radius 3 is 2.84 bits per heavy atom. The van der Waals surface area contributed by atoms with Crippen LogP contribution in [0.3, 0.4) is 0 Å². The van der Waals surface area contributed by atoms with Crippen LogP contribution in [-0.4, -0.2) is 26.2 Å². The molecule has 0 atom stereocenters. The normalized spacial score (nSPS) is 10.7. The van der Waals surface area contributed by atoms with E-state index in [1.807, 2.05) is 0 Å². The fourth-order valence-corrected chi connectivity index (χ4v) is 1.79. The standard InChI is InChI=1S/C13H8N2O4/c16-11-5-14-10(4-8(11)13(17)18)7-1-2-9-12(3-7)19-6-15-9/h1-6,16H,(H,17,18). The van der Waals surface area contributed by atoms with Crippen molar-refractivity contribution in [1.29, 1.82) is 0 Å². The van der Waals surface area contributed by atoms with Crippen molar-refractivity contribution in [2.45, 2.75) is 0 Å². The Balaban J connectivity index is 2.15. The molecule has 94 valence electrons. The molecule has 3 aromatic rings. The van der Waals surface area contributed by atoms with Crippen LogP contribution >= 0.6 is 0 Å². The van der Waals surface area contributed by atoms with E-state index >= 15 is 0 Å². The second-order valence-electron chi connectivity index (χ2n) is 3.93. The van der Waals surface area contributed by atoms with Gasteiger partial charge in [0.05, 0.1) is 11.9 Å². The highest BCUT2D eigenvalue weighted by molar-refractivity contribution is 5.92. The summed E-state index contributed by atoms with van der Waals surface area (Å²) in [5.74, 6) is -1.57. The molecule has 0 saturated carbocycles. The Hall–Kier alpha value is -2.89. The van der Waals surface area contributed by atoms with Gasteiger partial charge < -0.3 is 14.6 Å². The van der Waals surface area contributed by atoms with E-state index in [9.17, 15) is 9.90 Å². The zero-order valence-electron chi connectivity index (χ0n) is 9.57. The number of hydrogen-bond acceptors (Lipinski definition) is 5. The number of oxazole rings is 1. The number of benzene rings is 1. The molecule has 0 aliphatic rings. The minimum Gasteiger partial charge on any atom is -0.505 e. The van der Waals surface area contributed by atoms with Crippen LogP contribution in [0, 0.1) is 0 Å². The summed E-state index contributed by atoms with van der Waals surface area (Å²) < 4.78 is 5.18. The number of aromatic carboxylic acids is 1. The minimum atomic E-state index is -1.21. The predicted molar refractivity (Wildman–Crippen MR) is 65.9 cm³/mol. The van der Waals surface area contributed by atoms with Crippen molar-refractivity contribution in [3.05, 3.63) is 42.4 Å². The monoisotopic (exact) mass is 256 g/mol. The molecule has 2 aromatic heterocycles. The van der Waals surface area contributed by atoms with E-state index in [1.54, 1.807) is 18.2 Å². The van der Waals surface area contributed by atoms with Crippen LogP contribution in [0.1, 0.15) is 10.4 Å². The molecule has 2 heterocycles. The van der Waals surface area contributed by atoms with E-state index in [2.05, 4.69) is 9.97 Å². The lowest BCUT2D eigenvalue weighted by atomic mass is 10.1. The van der Waals surface area contributed by atoms with Crippen LogP contribution in [0.5, 0.6) is 5.75 Å². The zero-order chi connectivity index (χ0) is 13.4. The number of nitrogens with zero attached hydrogens (tertiary/aromatic N) is 2. The molecule has 6 heteroatoms. The summed E-state index contributed by atoms with van der Waals surface area (Å²) >= 11 is 0. The molecule has 2 N–H and O–H groups in total. The quantitative estimate of drug-likeness (QED) is 0.730. The van der Waals surface area contributed by atoms with Gasteiger partial charge in [-0.05, 0) is 18.2 Å². The van der Waals surface area contributed by atoms with E-state index in [0.717, 1.165) is 6.20 Å².